The van der Waals surface area contributed by atoms with Crippen molar-refractivity contribution in [3.8, 4) is 0 Å². The molecule has 0 atom stereocenters. The molecule has 0 aromatic heterocycles. The summed E-state index contributed by atoms with van der Waals surface area (Å²) in [5.41, 5.74) is 0.890. The molecule has 1 amide bonds. The Morgan fingerprint density at radius 3 is 2.19 bits per heavy atom. The van der Waals surface area contributed by atoms with E-state index in [1.165, 1.54) is 12.1 Å². The van der Waals surface area contributed by atoms with Crippen LogP contribution in [-0.2, 0) is 31.3 Å². The highest BCUT2D eigenvalue weighted by Crippen LogP contribution is 2.09. The molecule has 26 heavy (non-hydrogen) atoms. The van der Waals surface area contributed by atoms with E-state index in [4.69, 9.17) is 5.14 Å². The van der Waals surface area contributed by atoms with E-state index in [2.05, 4.69) is 10.0 Å². The molecule has 0 fully saturated rings. The van der Waals surface area contributed by atoms with E-state index in [0.29, 0.717) is 38.8 Å². The standard InChI is InChI=1S/C16H27N3O5S2/c1-13(2)26(23,24)19-11-4-3-5-16(20)18-12-10-14-6-8-15(9-7-14)25(17,21)22/h6-9,13,19H,3-5,10-12H2,1-2H3,(H,18,20)(H2,17,21,22). The van der Waals surface area contributed by atoms with Gasteiger partial charge >= 0.3 is 0 Å². The third-order valence-corrected chi connectivity index (χ3v) is 6.52. The fraction of sp³-hybridized carbons (Fsp3) is 0.562. The Morgan fingerprint density at radius 1 is 1.04 bits per heavy atom. The van der Waals surface area contributed by atoms with Gasteiger partial charge in [-0.3, -0.25) is 4.79 Å². The Balaban J connectivity index is 2.21. The van der Waals surface area contributed by atoms with Gasteiger partial charge in [-0.1, -0.05) is 12.1 Å². The van der Waals surface area contributed by atoms with E-state index in [-0.39, 0.29) is 10.8 Å². The predicted octanol–water partition coefficient (Wildman–Crippen LogP) is 0.491. The molecule has 0 heterocycles. The summed E-state index contributed by atoms with van der Waals surface area (Å²) in [6.07, 6.45) is 2.09. The van der Waals surface area contributed by atoms with Crippen LogP contribution in [0.4, 0.5) is 0 Å². The number of amides is 1. The van der Waals surface area contributed by atoms with Gasteiger partial charge in [-0.15, -0.1) is 0 Å². The fourth-order valence-electron chi connectivity index (χ4n) is 2.07. The van der Waals surface area contributed by atoms with Crippen molar-refractivity contribution in [3.05, 3.63) is 29.8 Å². The van der Waals surface area contributed by atoms with Crippen molar-refractivity contribution in [1.82, 2.24) is 10.0 Å². The van der Waals surface area contributed by atoms with Gasteiger partial charge in [0.1, 0.15) is 0 Å². The summed E-state index contributed by atoms with van der Waals surface area (Å²) < 4.78 is 47.9. The molecule has 1 aromatic carbocycles. The van der Waals surface area contributed by atoms with Crippen molar-refractivity contribution < 1.29 is 21.6 Å². The third kappa shape index (κ3) is 8.26. The Hall–Kier alpha value is -1.49. The topological polar surface area (TPSA) is 135 Å². The molecule has 0 radical (unpaired) electrons. The summed E-state index contributed by atoms with van der Waals surface area (Å²) >= 11 is 0. The lowest BCUT2D eigenvalue weighted by atomic mass is 10.1. The molecule has 4 N–H and O–H groups in total. The zero-order chi connectivity index (χ0) is 19.8. The van der Waals surface area contributed by atoms with E-state index in [1.54, 1.807) is 26.0 Å². The van der Waals surface area contributed by atoms with E-state index >= 15 is 0 Å². The first kappa shape index (κ1) is 22.6. The van der Waals surface area contributed by atoms with Crippen LogP contribution < -0.4 is 15.2 Å². The molecular formula is C16H27N3O5S2. The molecule has 1 aromatic rings. The molecule has 0 aliphatic carbocycles. The molecule has 0 saturated heterocycles. The van der Waals surface area contributed by atoms with Crippen molar-refractivity contribution in [2.45, 2.75) is 49.7 Å². The third-order valence-electron chi connectivity index (χ3n) is 3.74. The van der Waals surface area contributed by atoms with Crippen molar-refractivity contribution >= 4 is 26.0 Å². The fourth-order valence-corrected chi connectivity index (χ4v) is 3.35. The summed E-state index contributed by atoms with van der Waals surface area (Å²) in [4.78, 5) is 11.8. The van der Waals surface area contributed by atoms with Crippen LogP contribution in [0.1, 0.15) is 38.7 Å². The number of primary sulfonamides is 1. The maximum atomic E-state index is 11.7. The van der Waals surface area contributed by atoms with Gasteiger partial charge in [0.2, 0.25) is 26.0 Å². The van der Waals surface area contributed by atoms with Crippen molar-refractivity contribution in [1.29, 1.82) is 0 Å². The summed E-state index contributed by atoms with van der Waals surface area (Å²) in [5, 5.41) is 7.34. The number of benzene rings is 1. The Bertz CT molecular complexity index is 788. The summed E-state index contributed by atoms with van der Waals surface area (Å²) in [6, 6.07) is 6.19. The van der Waals surface area contributed by atoms with E-state index in [1.807, 2.05) is 0 Å². The molecule has 0 aliphatic heterocycles. The minimum Gasteiger partial charge on any atom is -0.356 e. The zero-order valence-corrected chi connectivity index (χ0v) is 16.7. The zero-order valence-electron chi connectivity index (χ0n) is 15.1. The highest BCUT2D eigenvalue weighted by atomic mass is 32.2. The van der Waals surface area contributed by atoms with Crippen LogP contribution in [0.2, 0.25) is 0 Å². The predicted molar refractivity (Wildman–Crippen MR) is 100 cm³/mol. The first-order valence-electron chi connectivity index (χ1n) is 8.39. The van der Waals surface area contributed by atoms with Gasteiger partial charge in [-0.25, -0.2) is 26.7 Å². The van der Waals surface area contributed by atoms with E-state index in [0.717, 1.165) is 5.56 Å². The van der Waals surface area contributed by atoms with Crippen LogP contribution in [0.5, 0.6) is 0 Å². The normalized spacial score (nSPS) is 12.3. The van der Waals surface area contributed by atoms with Crippen LogP contribution >= 0.6 is 0 Å². The lowest BCUT2D eigenvalue weighted by Gasteiger charge is -2.09. The first-order chi connectivity index (χ1) is 12.0. The molecule has 8 nitrogen and oxygen atoms in total. The van der Waals surface area contributed by atoms with Crippen LogP contribution in [0.3, 0.4) is 0 Å². The number of nitrogens with two attached hydrogens (primary N) is 1. The summed E-state index contributed by atoms with van der Waals surface area (Å²) in [5.74, 6) is -0.0992. The van der Waals surface area contributed by atoms with Gasteiger partial charge in [-0.2, -0.15) is 0 Å². The lowest BCUT2D eigenvalue weighted by Crippen LogP contribution is -2.31. The number of nitrogens with one attached hydrogen (secondary N) is 2. The highest BCUT2D eigenvalue weighted by Gasteiger charge is 2.14. The molecule has 0 unspecified atom stereocenters. The number of hydrogen-bond donors (Lipinski definition) is 3. The molecule has 0 saturated carbocycles. The van der Waals surface area contributed by atoms with Gasteiger partial charge in [0.05, 0.1) is 10.1 Å². The smallest absolute Gasteiger partial charge is 0.238 e. The Kier molecular flexibility index (Phi) is 8.68. The minimum absolute atomic E-state index is 0.0541. The maximum absolute atomic E-state index is 11.7. The van der Waals surface area contributed by atoms with Crippen molar-refractivity contribution in [2.75, 3.05) is 13.1 Å². The van der Waals surface area contributed by atoms with Gasteiger partial charge in [-0.05, 0) is 50.8 Å². The maximum Gasteiger partial charge on any atom is 0.238 e. The molecule has 0 spiro atoms. The average molecular weight is 406 g/mol. The van der Waals surface area contributed by atoms with Crippen molar-refractivity contribution in [3.63, 3.8) is 0 Å². The number of rotatable bonds is 11. The summed E-state index contributed by atoms with van der Waals surface area (Å²) in [7, 11) is -6.95. The average Bonchev–Trinajstić information content (AvgIpc) is 2.54. The number of unbranched alkanes of at least 4 members (excludes halogenated alkanes) is 1. The highest BCUT2D eigenvalue weighted by molar-refractivity contribution is 7.90. The molecule has 0 bridgehead atoms. The summed E-state index contributed by atoms with van der Waals surface area (Å²) in [6.45, 7) is 3.98. The second kappa shape index (κ2) is 10.0. The van der Waals surface area contributed by atoms with E-state index < -0.39 is 25.3 Å². The molecule has 10 heteroatoms. The number of sulfonamides is 2. The quantitative estimate of drug-likeness (QED) is 0.460. The minimum atomic E-state index is -3.70. The van der Waals surface area contributed by atoms with Gasteiger partial charge in [0, 0.05) is 19.5 Å². The largest absolute Gasteiger partial charge is 0.356 e. The Morgan fingerprint density at radius 2 is 1.65 bits per heavy atom. The van der Waals surface area contributed by atoms with Crippen LogP contribution in [-0.4, -0.2) is 41.1 Å². The van der Waals surface area contributed by atoms with Gasteiger partial charge in [0.15, 0.2) is 0 Å². The monoisotopic (exact) mass is 405 g/mol. The SMILES string of the molecule is CC(C)S(=O)(=O)NCCCCC(=O)NCCc1ccc(S(N)(=O)=O)cc1. The van der Waals surface area contributed by atoms with Crippen LogP contribution in [0.25, 0.3) is 0 Å². The number of carbonyl (C=O) groups is 1. The van der Waals surface area contributed by atoms with E-state index in [9.17, 15) is 21.6 Å². The lowest BCUT2D eigenvalue weighted by molar-refractivity contribution is -0.121. The second-order valence-electron chi connectivity index (χ2n) is 6.23. The second-order valence-corrected chi connectivity index (χ2v) is 10.1. The first-order valence-corrected chi connectivity index (χ1v) is 11.5. The Labute approximate surface area is 155 Å². The molecule has 1 rings (SSSR count). The molecule has 148 valence electrons. The number of carbonyl (C=O) groups excluding carboxylic acids is 1. The van der Waals surface area contributed by atoms with Crippen LogP contribution in [0, 0.1) is 0 Å². The van der Waals surface area contributed by atoms with Gasteiger partial charge in [0.25, 0.3) is 0 Å². The van der Waals surface area contributed by atoms with Crippen molar-refractivity contribution in [2.24, 2.45) is 5.14 Å². The van der Waals surface area contributed by atoms with Crippen LogP contribution in [0.15, 0.2) is 29.2 Å². The molecular weight excluding hydrogens is 378 g/mol. The number of hydrogen-bond acceptors (Lipinski definition) is 5. The molecule has 0 aliphatic rings. The van der Waals surface area contributed by atoms with Gasteiger partial charge < -0.3 is 5.32 Å².